The summed E-state index contributed by atoms with van der Waals surface area (Å²) in [4.78, 5) is 22.1. The Hall–Kier alpha value is -2.95. The molecule has 0 radical (unpaired) electrons. The van der Waals surface area contributed by atoms with Gasteiger partial charge >= 0.3 is 11.9 Å². The Balaban J connectivity index is 2.09. The van der Waals surface area contributed by atoms with Crippen LogP contribution in [0.4, 0.5) is 18.9 Å². The average Bonchev–Trinajstić information content (AvgIpc) is 2.93. The molecule has 1 atom stereocenters. The van der Waals surface area contributed by atoms with E-state index in [9.17, 15) is 33.2 Å². The van der Waals surface area contributed by atoms with Crippen molar-refractivity contribution in [2.75, 3.05) is 6.54 Å². The maximum absolute atomic E-state index is 12.7. The van der Waals surface area contributed by atoms with Gasteiger partial charge in [0, 0.05) is 6.54 Å². The van der Waals surface area contributed by atoms with Crippen molar-refractivity contribution in [3.05, 3.63) is 56.9 Å². The number of carbonyl (C=O) groups excluding carboxylic acids is 1. The van der Waals surface area contributed by atoms with Gasteiger partial charge in [0.25, 0.3) is 5.91 Å². The molecule has 0 saturated carbocycles. The number of hydrogen-bond acceptors (Lipinski definition) is 5. The lowest BCUT2D eigenvalue weighted by Gasteiger charge is -2.14. The van der Waals surface area contributed by atoms with E-state index in [1.807, 2.05) is 0 Å². The highest BCUT2D eigenvalue weighted by Crippen LogP contribution is 2.30. The molecular formula is C14H13F3N4O4. The van der Waals surface area contributed by atoms with E-state index in [4.69, 9.17) is 0 Å². The molecule has 11 heteroatoms. The van der Waals surface area contributed by atoms with Crippen molar-refractivity contribution in [1.29, 1.82) is 0 Å². The highest BCUT2D eigenvalue weighted by molar-refractivity contribution is 5.96. The molecule has 0 aliphatic rings. The van der Waals surface area contributed by atoms with Gasteiger partial charge in [-0.1, -0.05) is 12.1 Å². The first-order valence-corrected chi connectivity index (χ1v) is 6.94. The predicted molar refractivity (Wildman–Crippen MR) is 78.7 cm³/mol. The highest BCUT2D eigenvalue weighted by atomic mass is 19.4. The van der Waals surface area contributed by atoms with Crippen molar-refractivity contribution in [2.45, 2.75) is 19.2 Å². The van der Waals surface area contributed by atoms with Crippen molar-refractivity contribution < 1.29 is 28.0 Å². The Labute approximate surface area is 138 Å². The molecule has 8 nitrogen and oxygen atoms in total. The number of carbonyl (C=O) groups is 1. The number of rotatable bonds is 5. The van der Waals surface area contributed by atoms with Crippen LogP contribution in [0.3, 0.4) is 0 Å². The van der Waals surface area contributed by atoms with Gasteiger partial charge < -0.3 is 10.4 Å². The maximum Gasteiger partial charge on any atom is 0.416 e. The number of nitro groups is 1. The lowest BCUT2D eigenvalue weighted by Crippen LogP contribution is -2.29. The Bertz CT molecular complexity index is 804. The summed E-state index contributed by atoms with van der Waals surface area (Å²) in [5.41, 5.74) is -1.89. The van der Waals surface area contributed by atoms with Crippen LogP contribution < -0.4 is 5.32 Å². The van der Waals surface area contributed by atoms with Crippen molar-refractivity contribution >= 4 is 11.6 Å². The lowest BCUT2D eigenvalue weighted by atomic mass is 10.1. The maximum atomic E-state index is 12.7. The second kappa shape index (κ2) is 6.89. The van der Waals surface area contributed by atoms with Gasteiger partial charge in [-0.15, -0.1) is 0 Å². The fourth-order valence-electron chi connectivity index (χ4n) is 2.12. The number of nitrogens with zero attached hydrogens (tertiary/aromatic N) is 2. The number of benzene rings is 1. The molecule has 1 unspecified atom stereocenters. The summed E-state index contributed by atoms with van der Waals surface area (Å²) in [6.07, 6.45) is -5.99. The molecule has 0 spiro atoms. The molecule has 0 fully saturated rings. The smallest absolute Gasteiger partial charge is 0.387 e. The van der Waals surface area contributed by atoms with Gasteiger partial charge in [-0.2, -0.15) is 18.3 Å². The summed E-state index contributed by atoms with van der Waals surface area (Å²) in [6, 6.07) is 4.01. The molecule has 0 saturated heterocycles. The van der Waals surface area contributed by atoms with Crippen LogP contribution in [-0.4, -0.2) is 32.7 Å². The summed E-state index contributed by atoms with van der Waals surface area (Å²) in [5.74, 6) is -0.929. The third-order valence-electron chi connectivity index (χ3n) is 3.37. The number of H-pyrrole nitrogens is 1. The lowest BCUT2D eigenvalue weighted by molar-refractivity contribution is -0.385. The van der Waals surface area contributed by atoms with Crippen LogP contribution in [0.2, 0.25) is 0 Å². The Kier molecular flexibility index (Phi) is 5.07. The predicted octanol–water partition coefficient (Wildman–Crippen LogP) is 2.11. The molecule has 0 bridgehead atoms. The van der Waals surface area contributed by atoms with E-state index >= 15 is 0 Å². The minimum absolute atomic E-state index is 0.0529. The van der Waals surface area contributed by atoms with E-state index in [1.54, 1.807) is 0 Å². The second-order valence-electron chi connectivity index (χ2n) is 5.15. The van der Waals surface area contributed by atoms with Crippen molar-refractivity contribution in [3.63, 3.8) is 0 Å². The topological polar surface area (TPSA) is 121 Å². The Morgan fingerprint density at radius 2 is 2.16 bits per heavy atom. The third-order valence-corrected chi connectivity index (χ3v) is 3.37. The van der Waals surface area contributed by atoms with E-state index in [1.165, 1.54) is 13.0 Å². The first-order chi connectivity index (χ1) is 11.6. The molecule has 1 heterocycles. The van der Waals surface area contributed by atoms with Crippen LogP contribution in [0.1, 0.15) is 33.4 Å². The van der Waals surface area contributed by atoms with Gasteiger partial charge in [-0.05, 0) is 24.6 Å². The summed E-state index contributed by atoms with van der Waals surface area (Å²) >= 11 is 0. The van der Waals surface area contributed by atoms with Crippen molar-refractivity contribution in [3.8, 4) is 0 Å². The molecule has 1 aromatic heterocycles. The molecule has 2 rings (SSSR count). The Morgan fingerprint density at radius 1 is 1.48 bits per heavy atom. The van der Waals surface area contributed by atoms with Gasteiger partial charge in [-0.3, -0.25) is 20.0 Å². The van der Waals surface area contributed by atoms with Crippen molar-refractivity contribution in [1.82, 2.24) is 15.5 Å². The van der Waals surface area contributed by atoms with Crippen LogP contribution in [-0.2, 0) is 6.18 Å². The third kappa shape index (κ3) is 4.12. The molecule has 1 aromatic carbocycles. The Morgan fingerprint density at radius 3 is 2.76 bits per heavy atom. The highest BCUT2D eigenvalue weighted by Gasteiger charge is 2.31. The molecule has 3 N–H and O–H groups in total. The summed E-state index contributed by atoms with van der Waals surface area (Å²) in [7, 11) is 0. The number of aliphatic hydroxyl groups is 1. The van der Waals surface area contributed by atoms with Crippen LogP contribution in [0.25, 0.3) is 0 Å². The second-order valence-corrected chi connectivity index (χ2v) is 5.15. The number of aromatic nitrogens is 2. The number of halogens is 3. The number of hydrogen-bond donors (Lipinski definition) is 3. The minimum atomic E-state index is -4.56. The zero-order valence-electron chi connectivity index (χ0n) is 12.8. The minimum Gasteiger partial charge on any atom is -0.387 e. The molecular weight excluding hydrogens is 345 g/mol. The van der Waals surface area contributed by atoms with E-state index in [-0.39, 0.29) is 11.3 Å². The quantitative estimate of drug-likeness (QED) is 0.558. The molecule has 0 aliphatic heterocycles. The summed E-state index contributed by atoms with van der Waals surface area (Å²) in [6.45, 7) is 0.919. The molecule has 2 aromatic rings. The monoisotopic (exact) mass is 358 g/mol. The number of alkyl halides is 3. The van der Waals surface area contributed by atoms with Gasteiger partial charge in [0.05, 0.1) is 16.6 Å². The van der Waals surface area contributed by atoms with Gasteiger partial charge in [-0.25, -0.2) is 0 Å². The summed E-state index contributed by atoms with van der Waals surface area (Å²) in [5, 5.41) is 28.9. The largest absolute Gasteiger partial charge is 0.416 e. The molecule has 0 aliphatic carbocycles. The van der Waals surface area contributed by atoms with Crippen LogP contribution >= 0.6 is 0 Å². The number of aliphatic hydroxyl groups excluding tert-OH is 1. The van der Waals surface area contributed by atoms with Gasteiger partial charge in [0.2, 0.25) is 5.69 Å². The van der Waals surface area contributed by atoms with Gasteiger partial charge in [0.1, 0.15) is 5.69 Å². The first kappa shape index (κ1) is 18.4. The normalized spacial score (nSPS) is 12.7. The standard InChI is InChI=1S/C14H13F3N4O4/c1-7-12(21(24)25)11(20-19-7)13(23)18-6-10(22)8-3-2-4-9(5-8)14(15,16)17/h2-5,10,22H,6H2,1H3,(H,18,23)(H,19,20). The molecule has 134 valence electrons. The SMILES string of the molecule is Cc1[nH]nc(C(=O)NCC(O)c2cccc(C(F)(F)F)c2)c1[N+](=O)[O-]. The zero-order valence-corrected chi connectivity index (χ0v) is 12.8. The number of aromatic amines is 1. The average molecular weight is 358 g/mol. The summed E-state index contributed by atoms with van der Waals surface area (Å²) < 4.78 is 38.0. The van der Waals surface area contributed by atoms with Crippen molar-refractivity contribution in [2.24, 2.45) is 0 Å². The van der Waals surface area contributed by atoms with E-state index in [0.717, 1.165) is 18.2 Å². The molecule has 25 heavy (non-hydrogen) atoms. The van der Waals surface area contributed by atoms with E-state index < -0.39 is 46.6 Å². The molecule has 1 amide bonds. The van der Waals surface area contributed by atoms with Gasteiger partial charge in [0.15, 0.2) is 0 Å². The van der Waals surface area contributed by atoms with Crippen LogP contribution in [0, 0.1) is 17.0 Å². The van der Waals surface area contributed by atoms with E-state index in [0.29, 0.717) is 0 Å². The first-order valence-electron chi connectivity index (χ1n) is 6.94. The fraction of sp³-hybridized carbons (Fsp3) is 0.286. The number of aryl methyl sites for hydroxylation is 1. The number of nitrogens with one attached hydrogen (secondary N) is 2. The fourth-order valence-corrected chi connectivity index (χ4v) is 2.12. The van der Waals surface area contributed by atoms with E-state index in [2.05, 4.69) is 15.5 Å². The number of amides is 1. The van der Waals surface area contributed by atoms with Crippen LogP contribution in [0.5, 0.6) is 0 Å². The van der Waals surface area contributed by atoms with Crippen LogP contribution in [0.15, 0.2) is 24.3 Å². The zero-order chi connectivity index (χ0) is 18.8.